The summed E-state index contributed by atoms with van der Waals surface area (Å²) in [6.45, 7) is 2.29. The van der Waals surface area contributed by atoms with Gasteiger partial charge in [-0.1, -0.05) is 25.8 Å². The SMILES string of the molecule is CC1CCC(c2nc3c(S(C)(=O)=O)cccc3[nH]2)CC1. The van der Waals surface area contributed by atoms with Crippen LogP contribution in [0.15, 0.2) is 23.1 Å². The van der Waals surface area contributed by atoms with Crippen molar-refractivity contribution in [2.24, 2.45) is 5.92 Å². The number of nitrogens with one attached hydrogen (secondary N) is 1. The first-order valence-electron chi connectivity index (χ1n) is 7.14. The van der Waals surface area contributed by atoms with Crippen LogP contribution < -0.4 is 0 Å². The highest BCUT2D eigenvalue weighted by atomic mass is 32.2. The molecule has 108 valence electrons. The van der Waals surface area contributed by atoms with E-state index in [0.29, 0.717) is 16.3 Å². The molecule has 20 heavy (non-hydrogen) atoms. The fraction of sp³-hybridized carbons (Fsp3) is 0.533. The first kappa shape index (κ1) is 13.6. The van der Waals surface area contributed by atoms with E-state index in [1.54, 1.807) is 12.1 Å². The predicted octanol–water partition coefficient (Wildman–Crippen LogP) is 3.26. The number of benzene rings is 1. The van der Waals surface area contributed by atoms with E-state index in [0.717, 1.165) is 30.1 Å². The molecule has 4 nitrogen and oxygen atoms in total. The maximum atomic E-state index is 11.8. The molecule has 0 atom stereocenters. The molecule has 0 saturated heterocycles. The predicted molar refractivity (Wildman–Crippen MR) is 79.6 cm³/mol. The van der Waals surface area contributed by atoms with Crippen LogP contribution in [0.1, 0.15) is 44.3 Å². The minimum atomic E-state index is -3.24. The molecule has 1 heterocycles. The molecule has 0 aliphatic heterocycles. The molecule has 0 unspecified atom stereocenters. The summed E-state index contributed by atoms with van der Waals surface area (Å²) in [4.78, 5) is 8.23. The topological polar surface area (TPSA) is 62.8 Å². The molecule has 0 bridgehead atoms. The van der Waals surface area contributed by atoms with Crippen molar-refractivity contribution < 1.29 is 8.42 Å². The van der Waals surface area contributed by atoms with E-state index in [1.165, 1.54) is 19.1 Å². The van der Waals surface area contributed by atoms with E-state index in [2.05, 4.69) is 16.9 Å². The first-order valence-corrected chi connectivity index (χ1v) is 9.03. The Morgan fingerprint density at radius 3 is 2.55 bits per heavy atom. The number of rotatable bonds is 2. The summed E-state index contributed by atoms with van der Waals surface area (Å²) < 4.78 is 23.6. The van der Waals surface area contributed by atoms with Crippen molar-refractivity contribution in [1.29, 1.82) is 0 Å². The molecule has 1 aliphatic rings. The van der Waals surface area contributed by atoms with Crippen molar-refractivity contribution in [2.45, 2.75) is 43.4 Å². The van der Waals surface area contributed by atoms with E-state index in [4.69, 9.17) is 0 Å². The summed E-state index contributed by atoms with van der Waals surface area (Å²) in [5.41, 5.74) is 1.41. The van der Waals surface area contributed by atoms with Gasteiger partial charge >= 0.3 is 0 Å². The van der Waals surface area contributed by atoms with Gasteiger partial charge in [-0.05, 0) is 30.9 Å². The summed E-state index contributed by atoms with van der Waals surface area (Å²) >= 11 is 0. The molecule has 0 radical (unpaired) electrons. The van der Waals surface area contributed by atoms with Crippen LogP contribution in [0.4, 0.5) is 0 Å². The smallest absolute Gasteiger partial charge is 0.177 e. The minimum absolute atomic E-state index is 0.321. The minimum Gasteiger partial charge on any atom is -0.342 e. The molecule has 3 rings (SSSR count). The fourth-order valence-corrected chi connectivity index (χ4v) is 3.88. The normalized spacial score (nSPS) is 24.1. The molecule has 1 fully saturated rings. The Labute approximate surface area is 119 Å². The van der Waals surface area contributed by atoms with E-state index < -0.39 is 9.84 Å². The van der Waals surface area contributed by atoms with Gasteiger partial charge in [0, 0.05) is 12.2 Å². The Morgan fingerprint density at radius 2 is 1.90 bits per heavy atom. The van der Waals surface area contributed by atoms with Gasteiger partial charge < -0.3 is 4.98 Å². The van der Waals surface area contributed by atoms with E-state index in [-0.39, 0.29) is 0 Å². The Bertz CT molecular complexity index is 725. The third-order valence-electron chi connectivity index (χ3n) is 4.30. The molecule has 1 N–H and O–H groups in total. The quantitative estimate of drug-likeness (QED) is 0.924. The standard InChI is InChI=1S/C15H20N2O2S/c1-10-6-8-11(9-7-10)15-16-12-4-3-5-13(14(12)17-15)20(2,18)19/h3-5,10-11H,6-9H2,1-2H3,(H,16,17). The lowest BCUT2D eigenvalue weighted by molar-refractivity contribution is 0.341. The zero-order chi connectivity index (χ0) is 14.3. The Hall–Kier alpha value is -1.36. The molecule has 1 aliphatic carbocycles. The highest BCUT2D eigenvalue weighted by Crippen LogP contribution is 2.35. The summed E-state index contributed by atoms with van der Waals surface area (Å²) in [6, 6.07) is 5.29. The van der Waals surface area contributed by atoms with Gasteiger partial charge in [-0.15, -0.1) is 0 Å². The van der Waals surface area contributed by atoms with Crippen LogP contribution >= 0.6 is 0 Å². The molecule has 1 aromatic carbocycles. The lowest BCUT2D eigenvalue weighted by atomic mass is 9.83. The summed E-state index contributed by atoms with van der Waals surface area (Å²) in [7, 11) is -3.24. The fourth-order valence-electron chi connectivity index (χ4n) is 3.05. The second-order valence-corrected chi connectivity index (χ2v) is 7.99. The number of hydrogen-bond donors (Lipinski definition) is 1. The van der Waals surface area contributed by atoms with E-state index in [1.807, 2.05) is 6.07 Å². The second-order valence-electron chi connectivity index (χ2n) is 6.00. The van der Waals surface area contributed by atoms with Crippen LogP contribution in [0, 0.1) is 5.92 Å². The number of fused-ring (bicyclic) bond motifs is 1. The molecular formula is C15H20N2O2S. The number of para-hydroxylation sites is 1. The van der Waals surface area contributed by atoms with Gasteiger partial charge in [-0.3, -0.25) is 0 Å². The van der Waals surface area contributed by atoms with Gasteiger partial charge in [-0.25, -0.2) is 13.4 Å². The number of H-pyrrole nitrogens is 1. The third-order valence-corrected chi connectivity index (χ3v) is 5.42. The van der Waals surface area contributed by atoms with Gasteiger partial charge in [0.15, 0.2) is 9.84 Å². The number of aromatic nitrogens is 2. The highest BCUT2D eigenvalue weighted by Gasteiger charge is 2.23. The lowest BCUT2D eigenvalue weighted by Crippen LogP contribution is -2.11. The van der Waals surface area contributed by atoms with Crippen LogP contribution in [-0.2, 0) is 9.84 Å². The average Bonchev–Trinajstić information content (AvgIpc) is 2.81. The Morgan fingerprint density at radius 1 is 1.20 bits per heavy atom. The zero-order valence-corrected chi connectivity index (χ0v) is 12.7. The molecule has 1 saturated carbocycles. The van der Waals surface area contributed by atoms with Gasteiger partial charge in [-0.2, -0.15) is 0 Å². The Balaban J connectivity index is 2.03. The average molecular weight is 292 g/mol. The highest BCUT2D eigenvalue weighted by molar-refractivity contribution is 7.91. The zero-order valence-electron chi connectivity index (χ0n) is 11.9. The molecule has 5 heteroatoms. The van der Waals surface area contributed by atoms with E-state index in [9.17, 15) is 8.42 Å². The number of sulfone groups is 1. The van der Waals surface area contributed by atoms with Crippen LogP contribution in [0.2, 0.25) is 0 Å². The van der Waals surface area contributed by atoms with Gasteiger partial charge in [0.1, 0.15) is 11.3 Å². The summed E-state index contributed by atoms with van der Waals surface area (Å²) in [5.74, 6) is 2.18. The summed E-state index contributed by atoms with van der Waals surface area (Å²) in [5, 5.41) is 0. The third kappa shape index (κ3) is 2.46. The van der Waals surface area contributed by atoms with E-state index >= 15 is 0 Å². The van der Waals surface area contributed by atoms with Crippen molar-refractivity contribution in [1.82, 2.24) is 9.97 Å². The summed E-state index contributed by atoms with van der Waals surface area (Å²) in [6.07, 6.45) is 5.95. The van der Waals surface area contributed by atoms with Crippen LogP contribution in [0.25, 0.3) is 11.0 Å². The maximum absolute atomic E-state index is 11.8. The number of nitrogens with zero attached hydrogens (tertiary/aromatic N) is 1. The Kier molecular flexibility index (Phi) is 3.32. The second kappa shape index (κ2) is 4.88. The largest absolute Gasteiger partial charge is 0.342 e. The van der Waals surface area contributed by atoms with Crippen LogP contribution in [0.5, 0.6) is 0 Å². The van der Waals surface area contributed by atoms with Crippen molar-refractivity contribution in [3.63, 3.8) is 0 Å². The molecular weight excluding hydrogens is 272 g/mol. The van der Waals surface area contributed by atoms with Crippen LogP contribution in [-0.4, -0.2) is 24.6 Å². The van der Waals surface area contributed by atoms with Crippen molar-refractivity contribution in [3.8, 4) is 0 Å². The maximum Gasteiger partial charge on any atom is 0.177 e. The molecule has 0 amide bonds. The van der Waals surface area contributed by atoms with Gasteiger partial charge in [0.05, 0.1) is 10.4 Å². The van der Waals surface area contributed by atoms with Gasteiger partial charge in [0.2, 0.25) is 0 Å². The van der Waals surface area contributed by atoms with Gasteiger partial charge in [0.25, 0.3) is 0 Å². The van der Waals surface area contributed by atoms with Crippen molar-refractivity contribution >= 4 is 20.9 Å². The monoisotopic (exact) mass is 292 g/mol. The van der Waals surface area contributed by atoms with Crippen molar-refractivity contribution in [3.05, 3.63) is 24.0 Å². The molecule has 0 spiro atoms. The number of imidazole rings is 1. The lowest BCUT2D eigenvalue weighted by Gasteiger charge is -2.24. The first-order chi connectivity index (χ1) is 9.45. The molecule has 1 aromatic heterocycles. The molecule has 2 aromatic rings. The van der Waals surface area contributed by atoms with Crippen molar-refractivity contribution in [2.75, 3.05) is 6.26 Å². The number of hydrogen-bond acceptors (Lipinski definition) is 3. The van der Waals surface area contributed by atoms with Crippen LogP contribution in [0.3, 0.4) is 0 Å². The number of aromatic amines is 1.